The molecule has 0 N–H and O–H groups in total. The maximum absolute atomic E-state index is 11.1. The van der Waals surface area contributed by atoms with E-state index in [1.807, 2.05) is 0 Å². The van der Waals surface area contributed by atoms with Gasteiger partial charge in [-0.15, -0.1) is 0 Å². The zero-order valence-corrected chi connectivity index (χ0v) is 14.9. The number of hydrogen-bond donors (Lipinski definition) is 0. The largest absolute Gasteiger partial charge is 0.465 e. The average molecular weight is 389 g/mol. The molecule has 2 aromatic carbocycles. The van der Waals surface area contributed by atoms with Crippen LogP contribution < -0.4 is 0 Å². The Balaban J connectivity index is 0.000000156. The Hall–Kier alpha value is -3.19. The standard InChI is InChI=1S/C10H8O4.C9H5ClO3/c1-13-9(11)6-2-3-8-7(4-6)5-14-10(8)12;10-8(11)5-1-2-7-6(3-5)4-13-9(7)12/h2-4H,5H2,1H3;1-3H,4H2. The molecule has 0 atom stereocenters. The summed E-state index contributed by atoms with van der Waals surface area (Å²) in [5, 5.41) is -0.526. The number of carbonyl (C=O) groups excluding carboxylic acids is 4. The molecule has 0 saturated heterocycles. The molecule has 27 heavy (non-hydrogen) atoms. The van der Waals surface area contributed by atoms with Crippen LogP contribution in [0, 0.1) is 0 Å². The van der Waals surface area contributed by atoms with Crippen molar-refractivity contribution in [3.8, 4) is 0 Å². The van der Waals surface area contributed by atoms with Gasteiger partial charge in [0.2, 0.25) is 0 Å². The zero-order chi connectivity index (χ0) is 19.6. The molecule has 0 fully saturated rings. The number of cyclic esters (lactones) is 2. The van der Waals surface area contributed by atoms with Gasteiger partial charge >= 0.3 is 17.9 Å². The minimum atomic E-state index is -0.526. The number of halogens is 1. The molecule has 2 aliphatic heterocycles. The van der Waals surface area contributed by atoms with Gasteiger partial charge in [0, 0.05) is 16.7 Å². The summed E-state index contributed by atoms with van der Waals surface area (Å²) in [6, 6.07) is 9.40. The fourth-order valence-electron chi connectivity index (χ4n) is 2.63. The molecule has 2 heterocycles. The Kier molecular flexibility index (Phi) is 5.23. The second-order valence-electron chi connectivity index (χ2n) is 5.66. The maximum atomic E-state index is 11.1. The average Bonchev–Trinajstić information content (AvgIpc) is 3.24. The van der Waals surface area contributed by atoms with E-state index in [4.69, 9.17) is 21.1 Å². The molecule has 0 saturated carbocycles. The maximum Gasteiger partial charge on any atom is 0.338 e. The van der Waals surface area contributed by atoms with Crippen molar-refractivity contribution in [3.05, 3.63) is 69.8 Å². The van der Waals surface area contributed by atoms with Crippen molar-refractivity contribution >= 4 is 34.8 Å². The predicted octanol–water partition coefficient (Wildman–Crippen LogP) is 2.88. The van der Waals surface area contributed by atoms with Crippen LogP contribution in [-0.4, -0.2) is 30.3 Å². The fourth-order valence-corrected chi connectivity index (χ4v) is 2.75. The highest BCUT2D eigenvalue weighted by Gasteiger charge is 2.22. The lowest BCUT2D eigenvalue weighted by Gasteiger charge is -1.99. The Morgan fingerprint density at radius 1 is 0.889 bits per heavy atom. The predicted molar refractivity (Wildman–Crippen MR) is 92.6 cm³/mol. The number of ether oxygens (including phenoxy) is 3. The molecule has 0 unspecified atom stereocenters. The molecule has 0 bridgehead atoms. The molecule has 2 aliphatic rings. The highest BCUT2D eigenvalue weighted by atomic mass is 35.5. The summed E-state index contributed by atoms with van der Waals surface area (Å²) in [4.78, 5) is 44.0. The third kappa shape index (κ3) is 3.83. The van der Waals surface area contributed by atoms with Crippen LogP contribution in [0.1, 0.15) is 52.6 Å². The van der Waals surface area contributed by atoms with Crippen LogP contribution in [0.25, 0.3) is 0 Å². The summed E-state index contributed by atoms with van der Waals surface area (Å²) in [5.41, 5.74) is 3.32. The van der Waals surface area contributed by atoms with Crippen molar-refractivity contribution in [1.29, 1.82) is 0 Å². The first-order chi connectivity index (χ1) is 12.9. The molecule has 0 aromatic heterocycles. The lowest BCUT2D eigenvalue weighted by Crippen LogP contribution is -2.02. The summed E-state index contributed by atoms with van der Waals surface area (Å²) < 4.78 is 14.1. The first-order valence-electron chi connectivity index (χ1n) is 7.79. The zero-order valence-electron chi connectivity index (χ0n) is 14.1. The van der Waals surface area contributed by atoms with E-state index < -0.39 is 11.2 Å². The van der Waals surface area contributed by atoms with E-state index in [-0.39, 0.29) is 25.2 Å². The number of rotatable bonds is 2. The number of benzene rings is 2. The van der Waals surface area contributed by atoms with Gasteiger partial charge in [-0.2, -0.15) is 0 Å². The highest BCUT2D eigenvalue weighted by molar-refractivity contribution is 6.67. The van der Waals surface area contributed by atoms with E-state index in [1.54, 1.807) is 30.3 Å². The van der Waals surface area contributed by atoms with Gasteiger partial charge in [-0.05, 0) is 48.0 Å². The first kappa shape index (κ1) is 18.6. The van der Waals surface area contributed by atoms with E-state index in [9.17, 15) is 19.2 Å². The quantitative estimate of drug-likeness (QED) is 0.443. The normalized spacial score (nSPS) is 13.6. The Labute approximate surface area is 158 Å². The van der Waals surface area contributed by atoms with Crippen molar-refractivity contribution in [3.63, 3.8) is 0 Å². The molecule has 0 radical (unpaired) electrons. The molecule has 138 valence electrons. The minimum Gasteiger partial charge on any atom is -0.465 e. The molecule has 0 amide bonds. The van der Waals surface area contributed by atoms with Gasteiger partial charge < -0.3 is 14.2 Å². The summed E-state index contributed by atoms with van der Waals surface area (Å²) in [6.45, 7) is 0.463. The molecule has 7 nitrogen and oxygen atoms in total. The fraction of sp³-hybridized carbons (Fsp3) is 0.158. The first-order valence-corrected chi connectivity index (χ1v) is 8.16. The van der Waals surface area contributed by atoms with Gasteiger partial charge in [-0.25, -0.2) is 14.4 Å². The number of fused-ring (bicyclic) bond motifs is 2. The van der Waals surface area contributed by atoms with Crippen LogP contribution >= 0.6 is 11.6 Å². The van der Waals surface area contributed by atoms with Crippen LogP contribution in [0.5, 0.6) is 0 Å². The summed E-state index contributed by atoms with van der Waals surface area (Å²) in [5.74, 6) is -1.09. The van der Waals surface area contributed by atoms with Crippen molar-refractivity contribution in [1.82, 2.24) is 0 Å². The molecule has 0 aliphatic carbocycles. The number of methoxy groups -OCH3 is 1. The molecule has 8 heteroatoms. The van der Waals surface area contributed by atoms with Gasteiger partial charge in [-0.1, -0.05) is 0 Å². The van der Waals surface area contributed by atoms with Gasteiger partial charge in [0.15, 0.2) is 0 Å². The lowest BCUT2D eigenvalue weighted by atomic mass is 10.1. The van der Waals surface area contributed by atoms with Crippen LogP contribution in [-0.2, 0) is 27.4 Å². The molecular weight excluding hydrogens is 376 g/mol. The topological polar surface area (TPSA) is 96.0 Å². The van der Waals surface area contributed by atoms with Gasteiger partial charge in [0.25, 0.3) is 5.24 Å². The van der Waals surface area contributed by atoms with Crippen LogP contribution in [0.15, 0.2) is 36.4 Å². The van der Waals surface area contributed by atoms with Crippen LogP contribution in [0.3, 0.4) is 0 Å². The van der Waals surface area contributed by atoms with E-state index in [0.717, 1.165) is 11.1 Å². The number of carbonyl (C=O) groups is 4. The van der Waals surface area contributed by atoms with E-state index >= 15 is 0 Å². The minimum absolute atomic E-state index is 0.228. The summed E-state index contributed by atoms with van der Waals surface area (Å²) in [6.07, 6.45) is 0. The van der Waals surface area contributed by atoms with Gasteiger partial charge in [0.05, 0.1) is 23.8 Å². The van der Waals surface area contributed by atoms with E-state index in [1.165, 1.54) is 13.2 Å². The smallest absolute Gasteiger partial charge is 0.338 e. The van der Waals surface area contributed by atoms with Gasteiger partial charge in [-0.3, -0.25) is 4.79 Å². The molecule has 2 aromatic rings. The summed E-state index contributed by atoms with van der Waals surface area (Å²) in [7, 11) is 1.32. The third-order valence-electron chi connectivity index (χ3n) is 4.02. The monoisotopic (exact) mass is 388 g/mol. The van der Waals surface area contributed by atoms with Crippen molar-refractivity contribution in [2.45, 2.75) is 13.2 Å². The molecular formula is C19H13ClO7. The van der Waals surface area contributed by atoms with E-state index in [0.29, 0.717) is 22.3 Å². The Bertz CT molecular complexity index is 965. The lowest BCUT2D eigenvalue weighted by molar-refractivity contribution is 0.0526. The van der Waals surface area contributed by atoms with Gasteiger partial charge in [0.1, 0.15) is 13.2 Å². The highest BCUT2D eigenvalue weighted by Crippen LogP contribution is 2.22. The third-order valence-corrected chi connectivity index (χ3v) is 4.23. The Morgan fingerprint density at radius 2 is 1.37 bits per heavy atom. The number of esters is 3. The van der Waals surface area contributed by atoms with Crippen molar-refractivity contribution < 1.29 is 33.4 Å². The second kappa shape index (κ2) is 7.59. The SMILES string of the molecule is COC(=O)c1ccc2c(c1)COC2=O.O=C(Cl)c1ccc2c(c1)COC2=O. The van der Waals surface area contributed by atoms with Crippen molar-refractivity contribution in [2.24, 2.45) is 0 Å². The Morgan fingerprint density at radius 3 is 1.85 bits per heavy atom. The molecule has 4 rings (SSSR count). The van der Waals surface area contributed by atoms with Crippen molar-refractivity contribution in [2.75, 3.05) is 7.11 Å². The van der Waals surface area contributed by atoms with E-state index in [2.05, 4.69) is 4.74 Å². The number of hydrogen-bond acceptors (Lipinski definition) is 7. The second-order valence-corrected chi connectivity index (χ2v) is 6.00. The van der Waals surface area contributed by atoms with Crippen LogP contribution in [0.2, 0.25) is 0 Å². The van der Waals surface area contributed by atoms with Crippen LogP contribution in [0.4, 0.5) is 0 Å². The molecule has 0 spiro atoms. The summed E-state index contributed by atoms with van der Waals surface area (Å²) >= 11 is 5.28.